The Morgan fingerprint density at radius 2 is 2.08 bits per heavy atom. The summed E-state index contributed by atoms with van der Waals surface area (Å²) in [6.07, 6.45) is -1.20. The summed E-state index contributed by atoms with van der Waals surface area (Å²) in [6.45, 7) is 3.61. The quantitative estimate of drug-likeness (QED) is 0.602. The van der Waals surface area contributed by atoms with Gasteiger partial charge in [-0.25, -0.2) is 0 Å². The second kappa shape index (κ2) is 6.32. The zero-order valence-corrected chi connectivity index (χ0v) is 9.47. The van der Waals surface area contributed by atoms with Crippen molar-refractivity contribution >= 4 is 21.8 Å². The zero-order valence-electron chi connectivity index (χ0n) is 7.37. The molecular weight excluding hydrogens is 221 g/mol. The Morgan fingerprint density at radius 1 is 1.50 bits per heavy atom. The molecule has 0 radical (unpaired) electrons. The van der Waals surface area contributed by atoms with Crippen LogP contribution in [0.4, 0.5) is 4.79 Å². The van der Waals surface area contributed by atoms with E-state index in [1.54, 1.807) is 6.92 Å². The Morgan fingerprint density at radius 3 is 2.50 bits per heavy atom. The summed E-state index contributed by atoms with van der Waals surface area (Å²) in [5, 5.41) is 21.4. The fourth-order valence-electron chi connectivity index (χ4n) is 0.771. The third kappa shape index (κ3) is 7.89. The fraction of sp³-hybridized carbons (Fsp3) is 0.857. The van der Waals surface area contributed by atoms with Crippen molar-refractivity contribution in [1.82, 2.24) is 5.32 Å². The molecule has 0 fully saturated rings. The molecule has 0 bridgehead atoms. The predicted molar refractivity (Wildman–Crippen MR) is 49.1 cm³/mol. The molecule has 0 aliphatic carbocycles. The summed E-state index contributed by atoms with van der Waals surface area (Å²) in [4.78, 5) is 10.2. The Bertz CT molecular complexity index is 141. The van der Waals surface area contributed by atoms with Crippen LogP contribution in [0.3, 0.4) is 0 Å². The molecule has 0 aliphatic rings. The SMILES string of the molecule is CC(O)C[AsH]CC(C)NC(=O)O. The normalized spacial score (nSPS) is 16.2. The molecule has 0 aromatic carbocycles. The van der Waals surface area contributed by atoms with Gasteiger partial charge in [-0.3, -0.25) is 0 Å². The molecule has 3 atom stereocenters. The topological polar surface area (TPSA) is 69.6 Å². The summed E-state index contributed by atoms with van der Waals surface area (Å²) in [5.41, 5.74) is 0. The molecule has 0 aromatic heterocycles. The number of aliphatic hydroxyl groups is 1. The van der Waals surface area contributed by atoms with Crippen LogP contribution in [0, 0.1) is 0 Å². The minimum absolute atomic E-state index is 0.0289. The van der Waals surface area contributed by atoms with Gasteiger partial charge in [-0.05, 0) is 0 Å². The van der Waals surface area contributed by atoms with E-state index in [4.69, 9.17) is 10.2 Å². The van der Waals surface area contributed by atoms with E-state index in [2.05, 4.69) is 5.32 Å². The molecule has 1 amide bonds. The number of carboxylic acid groups (broad SMARTS) is 1. The molecule has 0 heterocycles. The summed E-state index contributed by atoms with van der Waals surface area (Å²) in [5.74, 6) is 0. The monoisotopic (exact) mass is 237 g/mol. The van der Waals surface area contributed by atoms with Gasteiger partial charge in [-0.15, -0.1) is 0 Å². The average molecular weight is 237 g/mol. The van der Waals surface area contributed by atoms with Crippen molar-refractivity contribution in [2.24, 2.45) is 0 Å². The van der Waals surface area contributed by atoms with Gasteiger partial charge in [-0.1, -0.05) is 0 Å². The molecule has 0 saturated heterocycles. The first-order valence-electron chi connectivity index (χ1n) is 3.90. The van der Waals surface area contributed by atoms with Crippen LogP contribution in [-0.2, 0) is 0 Å². The molecule has 3 unspecified atom stereocenters. The van der Waals surface area contributed by atoms with Gasteiger partial charge in [-0.2, -0.15) is 0 Å². The average Bonchev–Trinajstić information content (AvgIpc) is 1.84. The third-order valence-electron chi connectivity index (χ3n) is 1.26. The van der Waals surface area contributed by atoms with Gasteiger partial charge < -0.3 is 0 Å². The van der Waals surface area contributed by atoms with Gasteiger partial charge in [0.1, 0.15) is 0 Å². The molecule has 0 aliphatic heterocycles. The van der Waals surface area contributed by atoms with Crippen molar-refractivity contribution in [3.63, 3.8) is 0 Å². The first-order chi connectivity index (χ1) is 5.52. The number of aliphatic hydroxyl groups excluding tert-OH is 1. The minimum atomic E-state index is -0.967. The van der Waals surface area contributed by atoms with Crippen molar-refractivity contribution in [3.05, 3.63) is 0 Å². The van der Waals surface area contributed by atoms with E-state index in [9.17, 15) is 4.79 Å². The molecule has 12 heavy (non-hydrogen) atoms. The van der Waals surface area contributed by atoms with E-state index in [1.165, 1.54) is 0 Å². The first-order valence-corrected chi connectivity index (χ1v) is 6.87. The molecule has 5 heteroatoms. The van der Waals surface area contributed by atoms with E-state index < -0.39 is 6.09 Å². The van der Waals surface area contributed by atoms with Crippen LogP contribution in [0.15, 0.2) is 0 Å². The molecule has 0 rings (SSSR count). The van der Waals surface area contributed by atoms with Crippen LogP contribution in [0.2, 0.25) is 10.4 Å². The number of hydrogen-bond acceptors (Lipinski definition) is 2. The Labute approximate surface area is 79.0 Å². The van der Waals surface area contributed by atoms with E-state index in [-0.39, 0.29) is 27.9 Å². The Kier molecular flexibility index (Phi) is 6.21. The van der Waals surface area contributed by atoms with Crippen molar-refractivity contribution in [2.45, 2.75) is 36.4 Å². The number of hydrogen-bond donors (Lipinski definition) is 3. The second-order valence-electron chi connectivity index (χ2n) is 2.86. The Hall–Kier alpha value is -0.212. The summed E-state index contributed by atoms with van der Waals surface area (Å²) < 4.78 is 0. The van der Waals surface area contributed by atoms with E-state index in [1.807, 2.05) is 6.92 Å². The van der Waals surface area contributed by atoms with E-state index >= 15 is 0 Å². The van der Waals surface area contributed by atoms with E-state index in [0.717, 1.165) is 10.4 Å². The predicted octanol–water partition coefficient (Wildman–Crippen LogP) is 0.296. The molecule has 4 nitrogen and oxygen atoms in total. The van der Waals surface area contributed by atoms with Crippen LogP contribution < -0.4 is 5.32 Å². The van der Waals surface area contributed by atoms with Gasteiger partial charge in [0.15, 0.2) is 0 Å². The van der Waals surface area contributed by atoms with Crippen molar-refractivity contribution in [1.29, 1.82) is 0 Å². The molecule has 0 spiro atoms. The van der Waals surface area contributed by atoms with Crippen LogP contribution in [0.1, 0.15) is 13.8 Å². The third-order valence-corrected chi connectivity index (χ3v) is 5.00. The first kappa shape index (κ1) is 11.8. The van der Waals surface area contributed by atoms with Crippen LogP contribution in [-0.4, -0.2) is 44.2 Å². The van der Waals surface area contributed by atoms with Crippen LogP contribution in [0.25, 0.3) is 0 Å². The van der Waals surface area contributed by atoms with Gasteiger partial charge in [0.25, 0.3) is 0 Å². The molecular formula is C7H16AsNO3. The maximum absolute atomic E-state index is 10.2. The van der Waals surface area contributed by atoms with Crippen molar-refractivity contribution in [2.75, 3.05) is 0 Å². The van der Waals surface area contributed by atoms with Gasteiger partial charge in [0, 0.05) is 0 Å². The number of rotatable bonds is 5. The standard InChI is InChI=1S/C7H16AsNO3/c1-5(9-7(11)12)3-8-4-6(2)10/h5-6,8-10H,3-4H2,1-2H3,(H,11,12). The van der Waals surface area contributed by atoms with Crippen LogP contribution in [0.5, 0.6) is 0 Å². The van der Waals surface area contributed by atoms with Crippen molar-refractivity contribution in [3.8, 4) is 0 Å². The summed E-state index contributed by atoms with van der Waals surface area (Å²) >= 11 is -0.188. The molecule has 72 valence electrons. The molecule has 0 aromatic rings. The maximum atomic E-state index is 10.2. The number of nitrogens with one attached hydrogen (secondary N) is 1. The summed E-state index contributed by atoms with van der Waals surface area (Å²) in [7, 11) is 0. The zero-order chi connectivity index (χ0) is 9.56. The summed E-state index contributed by atoms with van der Waals surface area (Å²) in [6, 6.07) is 0.0289. The van der Waals surface area contributed by atoms with Gasteiger partial charge in [0.2, 0.25) is 0 Å². The van der Waals surface area contributed by atoms with Gasteiger partial charge in [0.05, 0.1) is 0 Å². The van der Waals surface area contributed by atoms with Crippen LogP contribution >= 0.6 is 0 Å². The molecule has 3 N–H and O–H groups in total. The fourth-order valence-corrected chi connectivity index (χ4v) is 3.12. The number of amides is 1. The molecule has 0 saturated carbocycles. The number of carbonyl (C=O) groups is 1. The van der Waals surface area contributed by atoms with E-state index in [0.29, 0.717) is 0 Å². The van der Waals surface area contributed by atoms with Gasteiger partial charge >= 0.3 is 78.6 Å². The Balaban J connectivity index is 3.31. The second-order valence-corrected chi connectivity index (χ2v) is 5.62. The van der Waals surface area contributed by atoms with Crippen molar-refractivity contribution < 1.29 is 15.0 Å².